The van der Waals surface area contributed by atoms with Crippen molar-refractivity contribution >= 4 is 29.3 Å². The lowest BCUT2D eigenvalue weighted by molar-refractivity contribution is -0.127. The maximum Gasteiger partial charge on any atom is 0.248 e. The van der Waals surface area contributed by atoms with Crippen LogP contribution in [-0.4, -0.2) is 25.0 Å². The van der Waals surface area contributed by atoms with Gasteiger partial charge in [0.05, 0.1) is 11.1 Å². The Balaban J connectivity index is 1.81. The molecule has 0 fully saturated rings. The van der Waals surface area contributed by atoms with Crippen molar-refractivity contribution in [2.45, 2.75) is 27.7 Å². The lowest BCUT2D eigenvalue weighted by Gasteiger charge is -2.29. The van der Waals surface area contributed by atoms with Crippen LogP contribution in [0.3, 0.4) is 0 Å². The topological polar surface area (TPSA) is 58.6 Å². The molecule has 1 aliphatic heterocycles. The van der Waals surface area contributed by atoms with E-state index >= 15 is 0 Å². The number of ether oxygens (including phenoxy) is 1. The number of amides is 2. The predicted molar refractivity (Wildman–Crippen MR) is 117 cm³/mol. The first kappa shape index (κ1) is 20.6. The van der Waals surface area contributed by atoms with E-state index in [1.807, 2.05) is 50.2 Å². The Morgan fingerprint density at radius 3 is 2.62 bits per heavy atom. The second-order valence-corrected chi connectivity index (χ2v) is 8.40. The Labute approximate surface area is 172 Å². The number of nitrogens with one attached hydrogen (secondary N) is 1. The van der Waals surface area contributed by atoms with Crippen LogP contribution in [-0.2, 0) is 9.59 Å². The summed E-state index contributed by atoms with van der Waals surface area (Å²) in [6.45, 7) is 8.86. The number of hydrogen-bond acceptors (Lipinski definition) is 3. The monoisotopic (exact) mass is 392 g/mol. The summed E-state index contributed by atoms with van der Waals surface area (Å²) in [5.41, 5.74) is 1.71. The normalized spacial score (nSPS) is 15.8. The number of hydrogen-bond donors (Lipinski definition) is 1. The number of carbonyl (C=O) groups excluding carboxylic acids is 2. The summed E-state index contributed by atoms with van der Waals surface area (Å²) in [5.74, 6) is 0.753. The zero-order chi connectivity index (χ0) is 21.0. The maximum absolute atomic E-state index is 13.0. The van der Waals surface area contributed by atoms with Crippen molar-refractivity contribution in [2.24, 2.45) is 11.3 Å². The summed E-state index contributed by atoms with van der Waals surface area (Å²) in [6, 6.07) is 15.1. The van der Waals surface area contributed by atoms with E-state index in [-0.39, 0.29) is 11.8 Å². The van der Waals surface area contributed by atoms with Gasteiger partial charge in [0, 0.05) is 24.4 Å². The predicted octanol–water partition coefficient (Wildman–Crippen LogP) is 4.75. The van der Waals surface area contributed by atoms with E-state index in [4.69, 9.17) is 4.74 Å². The van der Waals surface area contributed by atoms with E-state index < -0.39 is 5.41 Å². The molecular weight excluding hydrogens is 364 g/mol. The molecule has 5 heteroatoms. The van der Waals surface area contributed by atoms with Gasteiger partial charge < -0.3 is 15.0 Å². The molecule has 0 saturated heterocycles. The largest absolute Gasteiger partial charge is 0.490 e. The summed E-state index contributed by atoms with van der Waals surface area (Å²) < 4.78 is 5.97. The van der Waals surface area contributed by atoms with Crippen LogP contribution in [0.4, 0.5) is 11.4 Å². The van der Waals surface area contributed by atoms with Gasteiger partial charge in [0.2, 0.25) is 11.8 Å². The Morgan fingerprint density at radius 1 is 1.21 bits per heavy atom. The van der Waals surface area contributed by atoms with Gasteiger partial charge in [0.15, 0.2) is 0 Å². The molecule has 3 rings (SSSR count). The molecule has 1 heterocycles. The highest BCUT2D eigenvalue weighted by molar-refractivity contribution is 6.03. The van der Waals surface area contributed by atoms with Crippen LogP contribution in [0.15, 0.2) is 54.6 Å². The lowest BCUT2D eigenvalue weighted by Crippen LogP contribution is -2.43. The minimum atomic E-state index is -0.615. The van der Waals surface area contributed by atoms with Gasteiger partial charge in [0.1, 0.15) is 12.4 Å². The van der Waals surface area contributed by atoms with Crippen molar-refractivity contribution in [3.8, 4) is 5.75 Å². The standard InChI is InChI=1S/C24H28N2O3/c1-17(2)15-26-20-12-11-19(14-21(20)29-16-24(3,4)23(26)28)25-22(27)13-10-18-8-6-5-7-9-18/h5-14,17H,15-16H2,1-4H3,(H,25,27)/b13-10+. The van der Waals surface area contributed by atoms with E-state index in [0.29, 0.717) is 30.5 Å². The highest BCUT2D eigenvalue weighted by Crippen LogP contribution is 2.38. The van der Waals surface area contributed by atoms with E-state index in [2.05, 4.69) is 19.2 Å². The maximum atomic E-state index is 13.0. The molecule has 0 spiro atoms. The smallest absolute Gasteiger partial charge is 0.248 e. The second kappa shape index (κ2) is 8.52. The highest BCUT2D eigenvalue weighted by Gasteiger charge is 2.38. The summed E-state index contributed by atoms with van der Waals surface area (Å²) in [5, 5.41) is 2.86. The average molecular weight is 392 g/mol. The van der Waals surface area contributed by atoms with Crippen molar-refractivity contribution in [3.05, 3.63) is 60.2 Å². The Bertz CT molecular complexity index is 917. The Hall–Kier alpha value is -3.08. The molecule has 5 nitrogen and oxygen atoms in total. The first-order chi connectivity index (χ1) is 13.8. The first-order valence-electron chi connectivity index (χ1n) is 9.89. The first-order valence-corrected chi connectivity index (χ1v) is 9.89. The van der Waals surface area contributed by atoms with Gasteiger partial charge in [-0.3, -0.25) is 9.59 Å². The number of benzene rings is 2. The number of carbonyl (C=O) groups is 2. The fourth-order valence-electron chi connectivity index (χ4n) is 3.19. The quantitative estimate of drug-likeness (QED) is 0.747. The average Bonchev–Trinajstić information content (AvgIpc) is 2.77. The summed E-state index contributed by atoms with van der Waals surface area (Å²) in [4.78, 5) is 27.1. The number of rotatable bonds is 5. The highest BCUT2D eigenvalue weighted by atomic mass is 16.5. The van der Waals surface area contributed by atoms with Gasteiger partial charge >= 0.3 is 0 Å². The zero-order valence-electron chi connectivity index (χ0n) is 17.4. The van der Waals surface area contributed by atoms with Crippen LogP contribution in [0.25, 0.3) is 6.08 Å². The minimum absolute atomic E-state index is 0.0486. The number of anilines is 2. The molecule has 0 aliphatic carbocycles. The van der Waals surface area contributed by atoms with Crippen molar-refractivity contribution in [3.63, 3.8) is 0 Å². The Kier molecular flexibility index (Phi) is 6.06. The van der Waals surface area contributed by atoms with Crippen LogP contribution in [0.1, 0.15) is 33.3 Å². The van der Waals surface area contributed by atoms with E-state index in [9.17, 15) is 9.59 Å². The van der Waals surface area contributed by atoms with Gasteiger partial charge in [-0.15, -0.1) is 0 Å². The Morgan fingerprint density at radius 2 is 1.93 bits per heavy atom. The van der Waals surface area contributed by atoms with Gasteiger partial charge in [-0.1, -0.05) is 44.2 Å². The van der Waals surface area contributed by atoms with Crippen molar-refractivity contribution < 1.29 is 14.3 Å². The molecule has 0 saturated carbocycles. The van der Waals surface area contributed by atoms with Gasteiger partial charge in [0.25, 0.3) is 0 Å². The van der Waals surface area contributed by atoms with E-state index in [1.54, 1.807) is 23.1 Å². The van der Waals surface area contributed by atoms with E-state index in [1.165, 1.54) is 6.08 Å². The van der Waals surface area contributed by atoms with Crippen molar-refractivity contribution in [1.29, 1.82) is 0 Å². The second-order valence-electron chi connectivity index (χ2n) is 8.40. The lowest BCUT2D eigenvalue weighted by atomic mass is 9.92. The summed E-state index contributed by atoms with van der Waals surface area (Å²) in [6.07, 6.45) is 3.26. The summed E-state index contributed by atoms with van der Waals surface area (Å²) >= 11 is 0. The SMILES string of the molecule is CC(C)CN1C(=O)C(C)(C)COc2cc(NC(=O)/C=C/c3ccccc3)ccc21. The molecule has 0 atom stereocenters. The van der Waals surface area contributed by atoms with Crippen LogP contribution in [0.5, 0.6) is 5.75 Å². The van der Waals surface area contributed by atoms with Crippen LogP contribution in [0, 0.1) is 11.3 Å². The molecule has 2 aromatic carbocycles. The number of nitrogens with zero attached hydrogens (tertiary/aromatic N) is 1. The third kappa shape index (κ3) is 5.05. The molecule has 0 bridgehead atoms. The molecule has 0 aromatic heterocycles. The molecule has 1 N–H and O–H groups in total. The molecule has 0 unspecified atom stereocenters. The molecule has 29 heavy (non-hydrogen) atoms. The van der Waals surface area contributed by atoms with Crippen molar-refractivity contribution in [2.75, 3.05) is 23.4 Å². The molecule has 2 amide bonds. The molecule has 0 radical (unpaired) electrons. The van der Waals surface area contributed by atoms with E-state index in [0.717, 1.165) is 11.3 Å². The molecule has 2 aromatic rings. The fourth-order valence-corrected chi connectivity index (χ4v) is 3.19. The number of fused-ring (bicyclic) bond motifs is 1. The van der Waals surface area contributed by atoms with Gasteiger partial charge in [-0.25, -0.2) is 0 Å². The van der Waals surface area contributed by atoms with Crippen LogP contribution in [0.2, 0.25) is 0 Å². The molecule has 152 valence electrons. The van der Waals surface area contributed by atoms with Crippen LogP contribution < -0.4 is 15.0 Å². The van der Waals surface area contributed by atoms with Gasteiger partial charge in [-0.05, 0) is 43.5 Å². The minimum Gasteiger partial charge on any atom is -0.490 e. The summed E-state index contributed by atoms with van der Waals surface area (Å²) in [7, 11) is 0. The molecule has 1 aliphatic rings. The fraction of sp³-hybridized carbons (Fsp3) is 0.333. The third-order valence-corrected chi connectivity index (χ3v) is 4.71. The zero-order valence-corrected chi connectivity index (χ0v) is 17.4. The van der Waals surface area contributed by atoms with Gasteiger partial charge in [-0.2, -0.15) is 0 Å². The third-order valence-electron chi connectivity index (χ3n) is 4.71. The molecular formula is C24H28N2O3. The van der Waals surface area contributed by atoms with Crippen molar-refractivity contribution in [1.82, 2.24) is 0 Å². The van der Waals surface area contributed by atoms with Crippen LogP contribution >= 0.6 is 0 Å².